The van der Waals surface area contributed by atoms with E-state index < -0.39 is 44.4 Å². The third-order valence-corrected chi connectivity index (χ3v) is 5.16. The minimum Gasteiger partial charge on any atom is -0.370 e. The van der Waals surface area contributed by atoms with Crippen LogP contribution in [0.15, 0.2) is 54.9 Å². The molecule has 0 radical (unpaired) electrons. The predicted molar refractivity (Wildman–Crippen MR) is 122 cm³/mol. The van der Waals surface area contributed by atoms with E-state index in [2.05, 4.69) is 25.7 Å². The van der Waals surface area contributed by atoms with Crippen LogP contribution >= 0.6 is 0 Å². The number of halogens is 2. The fraction of sp³-hybridized carbons (Fsp3) is 0.217. The third-order valence-electron chi connectivity index (χ3n) is 5.16. The van der Waals surface area contributed by atoms with E-state index in [1.807, 2.05) is 0 Å². The summed E-state index contributed by atoms with van der Waals surface area (Å²) in [5, 5.41) is 9.77. The molecule has 1 aliphatic heterocycles. The zero-order valence-electron chi connectivity index (χ0n) is 24.8. The molecule has 4 aromatic rings. The quantitative estimate of drug-likeness (QED) is 0.457. The van der Waals surface area contributed by atoms with Crippen molar-refractivity contribution in [3.05, 3.63) is 66.1 Å². The minimum atomic E-state index is -3.04. The predicted octanol–water partition coefficient (Wildman–Crippen LogP) is 4.56. The topological polar surface area (TPSA) is 88.0 Å². The van der Waals surface area contributed by atoms with Crippen molar-refractivity contribution < 1.29 is 24.5 Å². The molecule has 0 fully saturated rings. The van der Waals surface area contributed by atoms with Gasteiger partial charge in [0.15, 0.2) is 5.82 Å². The summed E-state index contributed by atoms with van der Waals surface area (Å²) < 4.78 is 87.9. The Morgan fingerprint density at radius 2 is 2.18 bits per heavy atom. The molecule has 0 aliphatic carbocycles. The van der Waals surface area contributed by atoms with Gasteiger partial charge >= 0.3 is 0 Å². The van der Waals surface area contributed by atoms with E-state index in [1.165, 1.54) is 24.4 Å². The number of aryl methyl sites for hydroxylation is 1. The van der Waals surface area contributed by atoms with Crippen LogP contribution in [-0.2, 0) is 11.8 Å². The summed E-state index contributed by atoms with van der Waals surface area (Å²) in [5.74, 6) is -0.866. The molecule has 5 rings (SSSR count). The first-order chi connectivity index (χ1) is 19.0. The van der Waals surface area contributed by atoms with Crippen LogP contribution in [0.3, 0.4) is 0 Å². The van der Waals surface area contributed by atoms with Gasteiger partial charge in [-0.2, -0.15) is 5.10 Å². The van der Waals surface area contributed by atoms with Crippen molar-refractivity contribution in [2.75, 3.05) is 22.0 Å². The molecule has 3 aromatic heterocycles. The van der Waals surface area contributed by atoms with E-state index in [1.54, 1.807) is 18.2 Å². The van der Waals surface area contributed by atoms with Crippen molar-refractivity contribution in [2.45, 2.75) is 19.3 Å². The second kappa shape index (κ2) is 8.12. The number of nitrogens with zero attached hydrogens (tertiary/aromatic N) is 5. The van der Waals surface area contributed by atoms with Gasteiger partial charge in [0.1, 0.15) is 17.6 Å². The van der Waals surface area contributed by atoms with Crippen LogP contribution in [0.2, 0.25) is 0 Å². The first kappa shape index (κ1) is 13.5. The molecule has 0 saturated carbocycles. The highest BCUT2D eigenvalue weighted by Crippen LogP contribution is 2.40. The highest BCUT2D eigenvalue weighted by molar-refractivity contribution is 6.09. The van der Waals surface area contributed by atoms with Crippen molar-refractivity contribution in [2.24, 2.45) is 6.98 Å². The van der Waals surface area contributed by atoms with Gasteiger partial charge in [-0.15, -0.1) is 0 Å². The Morgan fingerprint density at radius 3 is 2.94 bits per heavy atom. The SMILES string of the molecule is [2H]C([2H])([2H])n1cc2cc(C3Nc4ccc(NC([2H])([2H])C([2H])([2H])[2H])nc4N(c4ccc(C(F)F)nc4)C3=O)ccc2n1. The molecular weight excluding hydrogens is 428 g/mol. The minimum absolute atomic E-state index is 0.0551. The Hall–Kier alpha value is -4.08. The molecule has 0 spiro atoms. The molecule has 8 nitrogen and oxygen atoms in total. The molecule has 0 bridgehead atoms. The second-order valence-corrected chi connectivity index (χ2v) is 7.20. The molecule has 1 atom stereocenters. The molecule has 33 heavy (non-hydrogen) atoms. The first-order valence-corrected chi connectivity index (χ1v) is 9.69. The van der Waals surface area contributed by atoms with Crippen LogP contribution in [0, 0.1) is 0 Å². The third kappa shape index (κ3) is 3.73. The molecule has 168 valence electrons. The van der Waals surface area contributed by atoms with Crippen LogP contribution in [0.1, 0.15) is 41.5 Å². The highest BCUT2D eigenvalue weighted by Gasteiger charge is 2.36. The number of anilines is 4. The molecular formula is C23H21F2N7O. The van der Waals surface area contributed by atoms with Gasteiger partial charge in [0.05, 0.1) is 23.1 Å². The van der Waals surface area contributed by atoms with E-state index in [4.69, 9.17) is 11.0 Å². The van der Waals surface area contributed by atoms with Crippen molar-refractivity contribution in [1.82, 2.24) is 19.7 Å². The molecule has 0 saturated heterocycles. The average Bonchev–Trinajstić information content (AvgIpc) is 3.32. The lowest BCUT2D eigenvalue weighted by molar-refractivity contribution is -0.119. The summed E-state index contributed by atoms with van der Waals surface area (Å²) in [7, 11) is 0. The summed E-state index contributed by atoms with van der Waals surface area (Å²) in [4.78, 5) is 23.0. The number of amides is 1. The van der Waals surface area contributed by atoms with Gasteiger partial charge in [-0.05, 0) is 48.8 Å². The second-order valence-electron chi connectivity index (χ2n) is 7.20. The fourth-order valence-electron chi connectivity index (χ4n) is 3.67. The monoisotopic (exact) mass is 457 g/mol. The number of hydrogen-bond acceptors (Lipinski definition) is 6. The Bertz CT molecular complexity index is 1620. The maximum atomic E-state index is 13.9. The number of pyridine rings is 2. The Morgan fingerprint density at radius 1 is 1.27 bits per heavy atom. The molecule has 1 amide bonds. The van der Waals surface area contributed by atoms with Crippen molar-refractivity contribution in [3.63, 3.8) is 0 Å². The number of fused-ring (bicyclic) bond motifs is 2. The maximum absolute atomic E-state index is 13.9. The van der Waals surface area contributed by atoms with Gasteiger partial charge < -0.3 is 10.6 Å². The normalized spacial score (nSPS) is 20.4. The zero-order chi connectivity index (χ0) is 29.9. The van der Waals surface area contributed by atoms with Gasteiger partial charge in [-0.1, -0.05) is 6.07 Å². The van der Waals surface area contributed by atoms with Crippen LogP contribution in [-0.4, -0.2) is 32.2 Å². The van der Waals surface area contributed by atoms with Crippen molar-refractivity contribution in [3.8, 4) is 0 Å². The summed E-state index contributed by atoms with van der Waals surface area (Å²) in [6.45, 7) is -8.40. The van der Waals surface area contributed by atoms with Crippen LogP contribution < -0.4 is 15.5 Å². The number of alkyl halides is 2. The summed E-state index contributed by atoms with van der Waals surface area (Å²) in [5.41, 5.74) is 0.663. The van der Waals surface area contributed by atoms with Gasteiger partial charge in [-0.25, -0.2) is 13.8 Å². The van der Waals surface area contributed by atoms with E-state index in [0.717, 1.165) is 21.8 Å². The number of carbonyl (C=O) groups is 1. The standard InChI is InChI=1S/C23H21F2N7O/c1-3-26-19-9-8-18-22(29-19)32(15-5-7-17(21(24)25)27-11-15)23(33)20(28-18)13-4-6-16-14(10-13)12-31(2)30-16/h4-12,20-21,28H,3H2,1-2H3,(H,26,29)/i1D3,2D3,3D2. The lowest BCUT2D eigenvalue weighted by Crippen LogP contribution is -2.40. The van der Waals surface area contributed by atoms with Gasteiger partial charge in [0, 0.05) is 36.0 Å². The van der Waals surface area contributed by atoms with Gasteiger partial charge in [0.2, 0.25) is 0 Å². The molecule has 10 heteroatoms. The van der Waals surface area contributed by atoms with E-state index >= 15 is 0 Å². The maximum Gasteiger partial charge on any atom is 0.280 e. The van der Waals surface area contributed by atoms with Gasteiger partial charge in [-0.3, -0.25) is 19.4 Å². The van der Waals surface area contributed by atoms with E-state index in [0.29, 0.717) is 16.5 Å². The summed E-state index contributed by atoms with van der Waals surface area (Å²) in [6, 6.07) is 8.77. The van der Waals surface area contributed by atoms with E-state index in [9.17, 15) is 13.6 Å². The molecule has 4 heterocycles. The number of hydrogen-bond donors (Lipinski definition) is 2. The summed E-state index contributed by atoms with van der Waals surface area (Å²) in [6.07, 6.45) is -0.448. The number of aromatic nitrogens is 4. The van der Waals surface area contributed by atoms with Crippen LogP contribution in [0.4, 0.5) is 31.8 Å². The largest absolute Gasteiger partial charge is 0.370 e. The number of carbonyl (C=O) groups excluding carboxylic acids is 1. The van der Waals surface area contributed by atoms with Crippen LogP contribution in [0.5, 0.6) is 0 Å². The van der Waals surface area contributed by atoms with Gasteiger partial charge in [0.25, 0.3) is 12.3 Å². The zero-order valence-corrected chi connectivity index (χ0v) is 16.8. The smallest absolute Gasteiger partial charge is 0.280 e. The number of rotatable bonds is 5. The molecule has 1 aromatic carbocycles. The first-order valence-electron chi connectivity index (χ1n) is 13.7. The summed E-state index contributed by atoms with van der Waals surface area (Å²) >= 11 is 0. The van der Waals surface area contributed by atoms with Crippen molar-refractivity contribution >= 4 is 39.8 Å². The Kier molecular flexibility index (Phi) is 3.31. The molecule has 1 aliphatic rings. The van der Waals surface area contributed by atoms with E-state index in [-0.39, 0.29) is 23.0 Å². The highest BCUT2D eigenvalue weighted by atomic mass is 19.3. The Labute approximate surface area is 199 Å². The fourth-order valence-corrected chi connectivity index (χ4v) is 3.67. The van der Waals surface area contributed by atoms with Crippen molar-refractivity contribution in [1.29, 1.82) is 0 Å². The number of nitrogens with one attached hydrogen (secondary N) is 2. The Balaban J connectivity index is 1.59. The van der Waals surface area contributed by atoms with Crippen LogP contribution in [0.25, 0.3) is 10.9 Å². The molecule has 1 unspecified atom stereocenters. The lowest BCUT2D eigenvalue weighted by Gasteiger charge is -2.34. The number of benzene rings is 1. The molecule has 2 N–H and O–H groups in total. The average molecular weight is 458 g/mol. The lowest BCUT2D eigenvalue weighted by atomic mass is 10.0.